The minimum atomic E-state index is -0.827. The van der Waals surface area contributed by atoms with Gasteiger partial charge < -0.3 is 4.74 Å². The number of ether oxygens (including phenoxy) is 1. The van der Waals surface area contributed by atoms with Gasteiger partial charge in [0.15, 0.2) is 0 Å². The van der Waals surface area contributed by atoms with E-state index in [1.807, 2.05) is 96.0 Å². The third kappa shape index (κ3) is 3.66. The number of ketones is 1. The molecule has 4 nitrogen and oxygen atoms in total. The Morgan fingerprint density at radius 3 is 2.21 bits per heavy atom. The Kier molecular flexibility index (Phi) is 5.16. The molecule has 2 aliphatic heterocycles. The van der Waals surface area contributed by atoms with E-state index in [-0.39, 0.29) is 11.8 Å². The summed E-state index contributed by atoms with van der Waals surface area (Å²) in [6, 6.07) is 33.3. The fourth-order valence-corrected chi connectivity index (χ4v) is 4.75. The van der Waals surface area contributed by atoms with Gasteiger partial charge >= 0.3 is 0 Å². The maximum atomic E-state index is 13.6. The van der Waals surface area contributed by atoms with Crippen LogP contribution in [0.5, 0.6) is 5.75 Å². The molecule has 0 bridgehead atoms. The minimum Gasteiger partial charge on any atom is -0.461 e. The lowest BCUT2D eigenvalue weighted by molar-refractivity contribution is -0.00455. The van der Waals surface area contributed by atoms with Crippen molar-refractivity contribution in [1.82, 2.24) is 5.01 Å². The lowest BCUT2D eigenvalue weighted by atomic mass is 9.95. The SMILES string of the molecule is O=C(c1ccc(-c2ccccc2)cc1)C1Oc2ccccc2C2CC(c3ccc(Cl)cc3)=NN12. The van der Waals surface area contributed by atoms with Crippen LogP contribution in [0.3, 0.4) is 0 Å². The van der Waals surface area contributed by atoms with Gasteiger partial charge in [0.2, 0.25) is 5.78 Å². The zero-order chi connectivity index (χ0) is 23.1. The second-order valence-electron chi connectivity index (χ2n) is 8.47. The van der Waals surface area contributed by atoms with E-state index in [1.54, 1.807) is 0 Å². The van der Waals surface area contributed by atoms with E-state index in [9.17, 15) is 4.79 Å². The van der Waals surface area contributed by atoms with Crippen LogP contribution in [0.1, 0.15) is 33.9 Å². The first-order valence-electron chi connectivity index (χ1n) is 11.2. The van der Waals surface area contributed by atoms with Crippen molar-refractivity contribution < 1.29 is 9.53 Å². The molecule has 0 aromatic heterocycles. The molecular weight excluding hydrogens is 444 g/mol. The molecule has 0 radical (unpaired) electrons. The lowest BCUT2D eigenvalue weighted by Gasteiger charge is -2.37. The van der Waals surface area contributed by atoms with Crippen molar-refractivity contribution in [2.24, 2.45) is 5.10 Å². The number of hydrogen-bond donors (Lipinski definition) is 0. The topological polar surface area (TPSA) is 41.9 Å². The molecule has 2 unspecified atom stereocenters. The first kappa shape index (κ1) is 20.7. The minimum absolute atomic E-state index is 0.0619. The fourth-order valence-electron chi connectivity index (χ4n) is 4.62. The molecule has 4 aromatic carbocycles. The number of rotatable bonds is 4. The zero-order valence-corrected chi connectivity index (χ0v) is 19.0. The van der Waals surface area contributed by atoms with Crippen LogP contribution in [-0.4, -0.2) is 22.7 Å². The largest absolute Gasteiger partial charge is 0.461 e. The van der Waals surface area contributed by atoms with Crippen molar-refractivity contribution in [2.45, 2.75) is 18.7 Å². The number of para-hydroxylation sites is 1. The van der Waals surface area contributed by atoms with Crippen molar-refractivity contribution in [3.8, 4) is 16.9 Å². The van der Waals surface area contributed by atoms with Gasteiger partial charge in [-0.3, -0.25) is 4.79 Å². The van der Waals surface area contributed by atoms with Crippen LogP contribution in [0, 0.1) is 0 Å². The van der Waals surface area contributed by atoms with Gasteiger partial charge in [0, 0.05) is 22.6 Å². The molecule has 2 atom stereocenters. The number of carbonyl (C=O) groups is 1. The number of halogens is 1. The highest BCUT2D eigenvalue weighted by Gasteiger charge is 2.43. The molecule has 166 valence electrons. The summed E-state index contributed by atoms with van der Waals surface area (Å²) in [4.78, 5) is 13.6. The summed E-state index contributed by atoms with van der Waals surface area (Å²) >= 11 is 6.08. The highest BCUT2D eigenvalue weighted by molar-refractivity contribution is 6.30. The van der Waals surface area contributed by atoms with E-state index in [0.717, 1.165) is 33.7 Å². The smallest absolute Gasteiger partial charge is 0.251 e. The first-order chi connectivity index (χ1) is 16.7. The number of hydrazone groups is 1. The maximum absolute atomic E-state index is 13.6. The van der Waals surface area contributed by atoms with Crippen LogP contribution < -0.4 is 4.74 Å². The Morgan fingerprint density at radius 2 is 1.44 bits per heavy atom. The third-order valence-electron chi connectivity index (χ3n) is 6.38. The van der Waals surface area contributed by atoms with Crippen LogP contribution in [0.25, 0.3) is 11.1 Å². The molecule has 34 heavy (non-hydrogen) atoms. The molecule has 2 heterocycles. The molecule has 0 spiro atoms. The van der Waals surface area contributed by atoms with Crippen molar-refractivity contribution >= 4 is 23.1 Å². The number of nitrogens with zero attached hydrogens (tertiary/aromatic N) is 2. The van der Waals surface area contributed by atoms with Gasteiger partial charge in [0.1, 0.15) is 5.75 Å². The number of Topliss-reactive ketones (excluding diaryl/α,β-unsaturated/α-hetero) is 1. The van der Waals surface area contributed by atoms with E-state index in [0.29, 0.717) is 17.0 Å². The highest BCUT2D eigenvalue weighted by atomic mass is 35.5. The van der Waals surface area contributed by atoms with Gasteiger partial charge in [-0.15, -0.1) is 0 Å². The summed E-state index contributed by atoms with van der Waals surface area (Å²) in [5.41, 5.74) is 5.72. The Hall–Kier alpha value is -3.89. The average Bonchev–Trinajstić information content (AvgIpc) is 3.35. The van der Waals surface area contributed by atoms with Gasteiger partial charge in [0.25, 0.3) is 6.23 Å². The zero-order valence-electron chi connectivity index (χ0n) is 18.3. The Balaban J connectivity index is 1.34. The first-order valence-corrected chi connectivity index (χ1v) is 11.6. The van der Waals surface area contributed by atoms with Crippen LogP contribution in [0.4, 0.5) is 0 Å². The summed E-state index contributed by atoms with van der Waals surface area (Å²) in [7, 11) is 0. The number of hydrogen-bond acceptors (Lipinski definition) is 4. The van der Waals surface area contributed by atoms with E-state index in [2.05, 4.69) is 12.1 Å². The molecule has 0 saturated heterocycles. The normalized spacial score (nSPS) is 18.5. The Morgan fingerprint density at radius 1 is 0.794 bits per heavy atom. The molecule has 4 aromatic rings. The predicted molar refractivity (Wildman–Crippen MR) is 134 cm³/mol. The molecule has 0 fully saturated rings. The summed E-state index contributed by atoms with van der Waals surface area (Å²) < 4.78 is 6.23. The van der Waals surface area contributed by atoms with Gasteiger partial charge in [-0.25, -0.2) is 5.01 Å². The maximum Gasteiger partial charge on any atom is 0.251 e. The number of carbonyl (C=O) groups excluding carboxylic acids is 1. The summed E-state index contributed by atoms with van der Waals surface area (Å²) in [5, 5.41) is 7.36. The van der Waals surface area contributed by atoms with Crippen molar-refractivity contribution in [3.05, 3.63) is 125 Å². The highest BCUT2D eigenvalue weighted by Crippen LogP contribution is 2.43. The summed E-state index contributed by atoms with van der Waals surface area (Å²) in [6.07, 6.45) is -0.133. The quantitative estimate of drug-likeness (QED) is 0.313. The van der Waals surface area contributed by atoms with E-state index >= 15 is 0 Å². The third-order valence-corrected chi connectivity index (χ3v) is 6.63. The molecule has 6 rings (SSSR count). The standard InChI is InChI=1S/C29H21ClN2O2/c30-23-16-14-21(15-17-23)25-18-26-24-8-4-5-9-27(24)34-29(32(26)31-25)28(33)22-12-10-20(11-13-22)19-6-2-1-3-7-19/h1-17,26,29H,18H2. The number of benzene rings is 4. The van der Waals surface area contributed by atoms with Crippen molar-refractivity contribution in [1.29, 1.82) is 0 Å². The Bertz CT molecular complexity index is 1380. The average molecular weight is 465 g/mol. The second kappa shape index (κ2) is 8.47. The van der Waals surface area contributed by atoms with E-state index < -0.39 is 6.23 Å². The van der Waals surface area contributed by atoms with Crippen LogP contribution >= 0.6 is 11.6 Å². The van der Waals surface area contributed by atoms with E-state index in [4.69, 9.17) is 21.4 Å². The molecule has 0 amide bonds. The summed E-state index contributed by atoms with van der Waals surface area (Å²) in [6.45, 7) is 0. The van der Waals surface area contributed by atoms with Gasteiger partial charge in [0.05, 0.1) is 11.8 Å². The number of fused-ring (bicyclic) bond motifs is 3. The van der Waals surface area contributed by atoms with Gasteiger partial charge in [-0.2, -0.15) is 5.10 Å². The van der Waals surface area contributed by atoms with E-state index in [1.165, 1.54) is 0 Å². The molecule has 0 saturated carbocycles. The second-order valence-corrected chi connectivity index (χ2v) is 8.91. The molecule has 5 heteroatoms. The Labute approximate surface area is 203 Å². The van der Waals surface area contributed by atoms with Gasteiger partial charge in [-0.05, 0) is 34.9 Å². The predicted octanol–water partition coefficient (Wildman–Crippen LogP) is 6.76. The van der Waals surface area contributed by atoms with Gasteiger partial charge in [-0.1, -0.05) is 96.5 Å². The molecule has 2 aliphatic rings. The fraction of sp³-hybridized carbons (Fsp3) is 0.103. The van der Waals surface area contributed by atoms with Crippen molar-refractivity contribution in [2.75, 3.05) is 0 Å². The van der Waals surface area contributed by atoms with Crippen LogP contribution in [-0.2, 0) is 0 Å². The van der Waals surface area contributed by atoms with Crippen LogP contribution in [0.2, 0.25) is 5.02 Å². The van der Waals surface area contributed by atoms with Crippen LogP contribution in [0.15, 0.2) is 108 Å². The molecule has 0 aliphatic carbocycles. The molecular formula is C29H21ClN2O2. The summed E-state index contributed by atoms with van der Waals surface area (Å²) in [5.74, 6) is 0.621. The lowest BCUT2D eigenvalue weighted by Crippen LogP contribution is -2.45. The molecule has 0 N–H and O–H groups in total. The van der Waals surface area contributed by atoms with Crippen molar-refractivity contribution in [3.63, 3.8) is 0 Å². The monoisotopic (exact) mass is 464 g/mol.